The first-order valence-corrected chi connectivity index (χ1v) is 6.76. The molecule has 0 bridgehead atoms. The average Bonchev–Trinajstić information content (AvgIpc) is 3.03. The lowest BCUT2D eigenvalue weighted by atomic mass is 10.3. The Kier molecular flexibility index (Phi) is 5.84. The predicted octanol–water partition coefficient (Wildman–Crippen LogP) is 2.33. The molecule has 0 saturated heterocycles. The van der Waals surface area contributed by atoms with Crippen LogP contribution in [0.3, 0.4) is 0 Å². The molecule has 0 aliphatic heterocycles. The summed E-state index contributed by atoms with van der Waals surface area (Å²) in [7, 11) is 1.61. The number of furan rings is 1. The maximum absolute atomic E-state index is 12.3. The average molecular weight is 289 g/mol. The van der Waals surface area contributed by atoms with Gasteiger partial charge in [-0.2, -0.15) is 0 Å². The van der Waals surface area contributed by atoms with E-state index < -0.39 is 0 Å². The van der Waals surface area contributed by atoms with Crippen molar-refractivity contribution < 1.29 is 18.7 Å². The number of amides is 1. The van der Waals surface area contributed by atoms with E-state index in [9.17, 15) is 4.79 Å². The van der Waals surface area contributed by atoms with Crippen LogP contribution in [0.1, 0.15) is 5.76 Å². The number of hydrogen-bond acceptors (Lipinski definition) is 4. The van der Waals surface area contributed by atoms with Gasteiger partial charge in [-0.05, 0) is 24.3 Å². The Morgan fingerprint density at radius 1 is 1.19 bits per heavy atom. The van der Waals surface area contributed by atoms with Crippen LogP contribution in [-0.2, 0) is 16.1 Å². The van der Waals surface area contributed by atoms with E-state index >= 15 is 0 Å². The minimum Gasteiger partial charge on any atom is -0.484 e. The van der Waals surface area contributed by atoms with Crippen molar-refractivity contribution in [3.8, 4) is 5.75 Å². The van der Waals surface area contributed by atoms with Crippen molar-refractivity contribution in [2.75, 3.05) is 26.9 Å². The van der Waals surface area contributed by atoms with Crippen LogP contribution in [0.2, 0.25) is 0 Å². The minimum atomic E-state index is -0.104. The van der Waals surface area contributed by atoms with Gasteiger partial charge >= 0.3 is 0 Å². The van der Waals surface area contributed by atoms with E-state index in [1.807, 2.05) is 36.4 Å². The van der Waals surface area contributed by atoms with Gasteiger partial charge in [0.25, 0.3) is 5.91 Å². The second kappa shape index (κ2) is 8.11. The molecular weight excluding hydrogens is 270 g/mol. The monoisotopic (exact) mass is 289 g/mol. The maximum Gasteiger partial charge on any atom is 0.260 e. The summed E-state index contributed by atoms with van der Waals surface area (Å²) >= 11 is 0. The number of nitrogens with zero attached hydrogens (tertiary/aromatic N) is 1. The van der Waals surface area contributed by atoms with Crippen molar-refractivity contribution in [1.82, 2.24) is 4.90 Å². The molecule has 0 aliphatic carbocycles. The van der Waals surface area contributed by atoms with Crippen LogP contribution in [0.15, 0.2) is 53.1 Å². The van der Waals surface area contributed by atoms with Gasteiger partial charge in [-0.1, -0.05) is 18.2 Å². The number of benzene rings is 1. The van der Waals surface area contributed by atoms with Crippen LogP contribution in [0, 0.1) is 0 Å². The van der Waals surface area contributed by atoms with Gasteiger partial charge in [0.05, 0.1) is 19.4 Å². The molecule has 0 aliphatic rings. The van der Waals surface area contributed by atoms with E-state index in [1.54, 1.807) is 24.3 Å². The van der Waals surface area contributed by atoms with Gasteiger partial charge in [0.1, 0.15) is 11.5 Å². The first kappa shape index (κ1) is 15.1. The molecule has 1 aromatic heterocycles. The second-order valence-electron chi connectivity index (χ2n) is 4.49. The summed E-state index contributed by atoms with van der Waals surface area (Å²) in [5.41, 5.74) is 0. The third-order valence-electron chi connectivity index (χ3n) is 2.95. The zero-order chi connectivity index (χ0) is 14.9. The predicted molar refractivity (Wildman–Crippen MR) is 77.9 cm³/mol. The SMILES string of the molecule is COCCN(Cc1ccco1)C(=O)COc1ccccc1. The third kappa shape index (κ3) is 4.96. The number of rotatable bonds is 8. The largest absolute Gasteiger partial charge is 0.484 e. The van der Waals surface area contributed by atoms with Crippen LogP contribution in [0.5, 0.6) is 5.75 Å². The Morgan fingerprint density at radius 3 is 2.67 bits per heavy atom. The molecule has 5 nitrogen and oxygen atoms in total. The van der Waals surface area contributed by atoms with Gasteiger partial charge in [-0.3, -0.25) is 4.79 Å². The molecule has 0 atom stereocenters. The van der Waals surface area contributed by atoms with Crippen molar-refractivity contribution >= 4 is 5.91 Å². The lowest BCUT2D eigenvalue weighted by Crippen LogP contribution is -2.36. The molecule has 0 saturated carbocycles. The highest BCUT2D eigenvalue weighted by molar-refractivity contribution is 5.77. The summed E-state index contributed by atoms with van der Waals surface area (Å²) in [6.07, 6.45) is 1.59. The standard InChI is InChI=1S/C16H19NO4/c1-19-11-9-17(12-15-8-5-10-20-15)16(18)13-21-14-6-3-2-4-7-14/h2-8,10H,9,11-13H2,1H3. The van der Waals surface area contributed by atoms with Gasteiger partial charge in [0, 0.05) is 13.7 Å². The molecular formula is C16H19NO4. The van der Waals surface area contributed by atoms with Crippen molar-refractivity contribution in [2.24, 2.45) is 0 Å². The fourth-order valence-corrected chi connectivity index (χ4v) is 1.84. The van der Waals surface area contributed by atoms with Gasteiger partial charge < -0.3 is 18.8 Å². The molecule has 1 aromatic carbocycles. The van der Waals surface area contributed by atoms with Crippen LogP contribution in [0.4, 0.5) is 0 Å². The Balaban J connectivity index is 1.90. The van der Waals surface area contributed by atoms with Crippen LogP contribution in [-0.4, -0.2) is 37.7 Å². The molecule has 21 heavy (non-hydrogen) atoms. The quantitative estimate of drug-likeness (QED) is 0.748. The van der Waals surface area contributed by atoms with E-state index in [1.165, 1.54) is 0 Å². The molecule has 112 valence electrons. The fourth-order valence-electron chi connectivity index (χ4n) is 1.84. The van der Waals surface area contributed by atoms with E-state index in [-0.39, 0.29) is 12.5 Å². The van der Waals surface area contributed by atoms with E-state index in [2.05, 4.69) is 0 Å². The molecule has 1 heterocycles. The summed E-state index contributed by atoms with van der Waals surface area (Å²) < 4.78 is 15.8. The Hall–Kier alpha value is -2.27. The van der Waals surface area contributed by atoms with E-state index in [0.29, 0.717) is 25.4 Å². The first-order valence-electron chi connectivity index (χ1n) is 6.76. The lowest BCUT2D eigenvalue weighted by Gasteiger charge is -2.21. The first-order chi connectivity index (χ1) is 10.3. The van der Waals surface area contributed by atoms with Crippen LogP contribution in [0.25, 0.3) is 0 Å². The highest BCUT2D eigenvalue weighted by Gasteiger charge is 2.15. The molecule has 2 rings (SSSR count). The smallest absolute Gasteiger partial charge is 0.260 e. The summed E-state index contributed by atoms with van der Waals surface area (Å²) in [5, 5.41) is 0. The summed E-state index contributed by atoms with van der Waals surface area (Å²) in [6.45, 7) is 1.37. The Morgan fingerprint density at radius 2 is 2.00 bits per heavy atom. The topological polar surface area (TPSA) is 51.9 Å². The third-order valence-corrected chi connectivity index (χ3v) is 2.95. The Bertz CT molecular complexity index is 524. The normalized spacial score (nSPS) is 10.3. The maximum atomic E-state index is 12.3. The van der Waals surface area contributed by atoms with Gasteiger partial charge in [-0.15, -0.1) is 0 Å². The van der Waals surface area contributed by atoms with E-state index in [4.69, 9.17) is 13.9 Å². The van der Waals surface area contributed by atoms with E-state index in [0.717, 1.165) is 5.76 Å². The number of hydrogen-bond donors (Lipinski definition) is 0. The summed E-state index contributed by atoms with van der Waals surface area (Å²) in [6, 6.07) is 12.9. The van der Waals surface area contributed by atoms with Gasteiger partial charge in [0.15, 0.2) is 6.61 Å². The lowest BCUT2D eigenvalue weighted by molar-refractivity contribution is -0.134. The van der Waals surface area contributed by atoms with Crippen molar-refractivity contribution in [2.45, 2.75) is 6.54 Å². The van der Waals surface area contributed by atoms with Crippen LogP contribution < -0.4 is 4.74 Å². The summed E-state index contributed by atoms with van der Waals surface area (Å²) in [5.74, 6) is 1.31. The van der Waals surface area contributed by atoms with Crippen LogP contribution >= 0.6 is 0 Å². The summed E-state index contributed by atoms with van der Waals surface area (Å²) in [4.78, 5) is 13.9. The molecule has 0 unspecified atom stereocenters. The highest BCUT2D eigenvalue weighted by atomic mass is 16.5. The van der Waals surface area contributed by atoms with Crippen molar-refractivity contribution in [3.05, 3.63) is 54.5 Å². The Labute approximate surface area is 124 Å². The number of para-hydroxylation sites is 1. The zero-order valence-electron chi connectivity index (χ0n) is 12.0. The number of carbonyl (C=O) groups is 1. The molecule has 1 amide bonds. The zero-order valence-corrected chi connectivity index (χ0v) is 12.0. The van der Waals surface area contributed by atoms with Gasteiger partial charge in [0.2, 0.25) is 0 Å². The van der Waals surface area contributed by atoms with Crippen molar-refractivity contribution in [3.63, 3.8) is 0 Å². The highest BCUT2D eigenvalue weighted by Crippen LogP contribution is 2.10. The molecule has 0 N–H and O–H groups in total. The second-order valence-corrected chi connectivity index (χ2v) is 4.49. The molecule has 0 fully saturated rings. The number of ether oxygens (including phenoxy) is 2. The molecule has 0 radical (unpaired) electrons. The molecule has 2 aromatic rings. The molecule has 5 heteroatoms. The van der Waals surface area contributed by atoms with Crippen molar-refractivity contribution in [1.29, 1.82) is 0 Å². The number of carbonyl (C=O) groups excluding carboxylic acids is 1. The number of methoxy groups -OCH3 is 1. The minimum absolute atomic E-state index is 0.00552. The molecule has 0 spiro atoms. The fraction of sp³-hybridized carbons (Fsp3) is 0.312. The van der Waals surface area contributed by atoms with Gasteiger partial charge in [-0.25, -0.2) is 0 Å².